The summed E-state index contributed by atoms with van der Waals surface area (Å²) in [7, 11) is 0. The van der Waals surface area contributed by atoms with Gasteiger partial charge in [0.1, 0.15) is 0 Å². The third-order valence-corrected chi connectivity index (χ3v) is 5.94. The fourth-order valence-corrected chi connectivity index (χ4v) is 4.26. The van der Waals surface area contributed by atoms with Crippen LogP contribution in [0.4, 0.5) is 0 Å². The van der Waals surface area contributed by atoms with Gasteiger partial charge < -0.3 is 0 Å². The van der Waals surface area contributed by atoms with Gasteiger partial charge in [-0.05, 0) is 0 Å². The molecule has 0 unspecified atom stereocenters. The van der Waals surface area contributed by atoms with Crippen molar-refractivity contribution in [2.75, 3.05) is 0 Å². The standard InChI is InChI=1S/3C7H8O.Sc/c3*1-6-2-4-7(8)5-3-6;/h3*2-5,8H,1H3;/q;;;+3/p-3. The summed E-state index contributed by atoms with van der Waals surface area (Å²) >= 11 is -3.01. The van der Waals surface area contributed by atoms with Crippen molar-refractivity contribution in [1.29, 1.82) is 0 Å². The summed E-state index contributed by atoms with van der Waals surface area (Å²) in [6, 6.07) is 23.8. The molecule has 0 aliphatic rings. The molecule has 0 saturated heterocycles. The molecule has 3 aromatic rings. The van der Waals surface area contributed by atoms with Crippen molar-refractivity contribution in [3.8, 4) is 17.2 Å². The number of aryl methyl sites for hydroxylation is 3. The number of benzene rings is 3. The SMILES string of the molecule is Cc1ccc([O][Sc]([O]c2ccc(C)cc2)[O]c2ccc(C)cc2)cc1. The monoisotopic (exact) mass is 366 g/mol. The topological polar surface area (TPSA) is 27.7 Å². The van der Waals surface area contributed by atoms with Crippen LogP contribution in [0.5, 0.6) is 17.2 Å². The predicted octanol–water partition coefficient (Wildman–Crippen LogP) is 5.51. The summed E-state index contributed by atoms with van der Waals surface area (Å²) in [5, 5.41) is 0. The second-order valence-corrected chi connectivity index (χ2v) is 8.09. The van der Waals surface area contributed by atoms with Crippen LogP contribution >= 0.6 is 0 Å². The number of rotatable bonds is 6. The Balaban J connectivity index is 1.77. The minimum atomic E-state index is -3.01. The Morgan fingerprint density at radius 3 is 0.920 bits per heavy atom. The van der Waals surface area contributed by atoms with Crippen LogP contribution in [0.1, 0.15) is 16.7 Å². The molecule has 3 nitrogen and oxygen atoms in total. The molecule has 0 heterocycles. The van der Waals surface area contributed by atoms with E-state index in [4.69, 9.17) is 8.56 Å². The van der Waals surface area contributed by atoms with E-state index < -0.39 is 22.7 Å². The Bertz CT molecular complexity index is 683. The van der Waals surface area contributed by atoms with Gasteiger partial charge in [-0.1, -0.05) is 0 Å². The first-order chi connectivity index (χ1) is 12.1. The Morgan fingerprint density at radius 1 is 0.440 bits per heavy atom. The van der Waals surface area contributed by atoms with Gasteiger partial charge >= 0.3 is 159 Å². The molecule has 4 heteroatoms. The first-order valence-corrected chi connectivity index (χ1v) is 10.5. The van der Waals surface area contributed by atoms with Gasteiger partial charge in [0.05, 0.1) is 0 Å². The van der Waals surface area contributed by atoms with E-state index in [1.54, 1.807) is 0 Å². The molecule has 3 aromatic carbocycles. The molecule has 0 amide bonds. The van der Waals surface area contributed by atoms with E-state index in [1.807, 2.05) is 93.6 Å². The Morgan fingerprint density at radius 2 is 0.680 bits per heavy atom. The Hall–Kier alpha value is -2.07. The van der Waals surface area contributed by atoms with Gasteiger partial charge in [0.25, 0.3) is 0 Å². The zero-order chi connectivity index (χ0) is 17.6. The van der Waals surface area contributed by atoms with Crippen LogP contribution in [0, 0.1) is 20.8 Å². The quantitative estimate of drug-likeness (QED) is 0.576. The first kappa shape index (κ1) is 17.7. The fourth-order valence-electron chi connectivity index (χ4n) is 2.26. The second kappa shape index (κ2) is 8.34. The summed E-state index contributed by atoms with van der Waals surface area (Å²) in [6.45, 7) is 6.15. The number of hydrogen-bond acceptors (Lipinski definition) is 3. The maximum atomic E-state index is 6.08. The molecule has 0 N–H and O–H groups in total. The summed E-state index contributed by atoms with van der Waals surface area (Å²) in [5.74, 6) is 2.32. The van der Waals surface area contributed by atoms with E-state index in [0.717, 1.165) is 17.2 Å². The van der Waals surface area contributed by atoms with Gasteiger partial charge in [-0.2, -0.15) is 0 Å². The van der Waals surface area contributed by atoms with Crippen LogP contribution in [0.2, 0.25) is 0 Å². The zero-order valence-electron chi connectivity index (χ0n) is 14.7. The van der Waals surface area contributed by atoms with Gasteiger partial charge in [-0.25, -0.2) is 0 Å². The molecule has 3 rings (SSSR count). The van der Waals surface area contributed by atoms with E-state index in [2.05, 4.69) is 0 Å². The molecule has 0 atom stereocenters. The van der Waals surface area contributed by atoms with Crippen molar-refractivity contribution in [3.05, 3.63) is 89.5 Å². The van der Waals surface area contributed by atoms with Crippen LogP contribution in [0.3, 0.4) is 0 Å². The summed E-state index contributed by atoms with van der Waals surface area (Å²) in [5.41, 5.74) is 3.57. The average Bonchev–Trinajstić information content (AvgIpc) is 2.61. The van der Waals surface area contributed by atoms with Gasteiger partial charge in [0.15, 0.2) is 0 Å². The van der Waals surface area contributed by atoms with Crippen LogP contribution in [0.15, 0.2) is 72.8 Å². The van der Waals surface area contributed by atoms with E-state index >= 15 is 0 Å². The predicted molar refractivity (Wildman–Crippen MR) is 95.4 cm³/mol. The van der Waals surface area contributed by atoms with Gasteiger partial charge in [0.2, 0.25) is 0 Å². The fraction of sp³-hybridized carbons (Fsp3) is 0.143. The second-order valence-electron chi connectivity index (χ2n) is 6.08. The van der Waals surface area contributed by atoms with Crippen molar-refractivity contribution in [3.63, 3.8) is 0 Å². The molecular formula is C21H21O3Sc. The van der Waals surface area contributed by atoms with E-state index in [9.17, 15) is 0 Å². The van der Waals surface area contributed by atoms with Crippen molar-refractivity contribution >= 4 is 0 Å². The van der Waals surface area contributed by atoms with Crippen molar-refractivity contribution in [1.82, 2.24) is 0 Å². The summed E-state index contributed by atoms with van der Waals surface area (Å²) in [6.07, 6.45) is 0. The molecule has 126 valence electrons. The molecule has 25 heavy (non-hydrogen) atoms. The normalized spacial score (nSPS) is 10.2. The van der Waals surface area contributed by atoms with Crippen LogP contribution in [-0.2, 0) is 22.7 Å². The van der Waals surface area contributed by atoms with Crippen molar-refractivity contribution in [2.24, 2.45) is 0 Å². The Labute approximate surface area is 158 Å². The molecule has 0 saturated carbocycles. The molecule has 0 aliphatic heterocycles. The molecular weight excluding hydrogens is 345 g/mol. The van der Waals surface area contributed by atoms with Gasteiger partial charge in [-0.3, -0.25) is 0 Å². The molecule has 0 aromatic heterocycles. The van der Waals surface area contributed by atoms with E-state index in [-0.39, 0.29) is 0 Å². The average molecular weight is 366 g/mol. The zero-order valence-corrected chi connectivity index (χ0v) is 16.5. The molecule has 0 radical (unpaired) electrons. The van der Waals surface area contributed by atoms with Crippen molar-refractivity contribution < 1.29 is 31.3 Å². The molecule has 0 bridgehead atoms. The Kier molecular flexibility index (Phi) is 5.92. The minimum absolute atomic E-state index is 0.773. The third kappa shape index (κ3) is 5.46. The van der Waals surface area contributed by atoms with E-state index in [1.165, 1.54) is 16.7 Å². The van der Waals surface area contributed by atoms with Crippen LogP contribution in [0.25, 0.3) is 0 Å². The molecule has 0 fully saturated rings. The summed E-state index contributed by atoms with van der Waals surface area (Å²) in [4.78, 5) is 0. The first-order valence-electron chi connectivity index (χ1n) is 8.28. The van der Waals surface area contributed by atoms with E-state index in [0.29, 0.717) is 0 Å². The van der Waals surface area contributed by atoms with Crippen molar-refractivity contribution in [2.45, 2.75) is 20.8 Å². The number of hydrogen-bond donors (Lipinski definition) is 0. The van der Waals surface area contributed by atoms with Gasteiger partial charge in [-0.15, -0.1) is 0 Å². The van der Waals surface area contributed by atoms with Crippen LogP contribution in [-0.4, -0.2) is 0 Å². The maximum absolute atomic E-state index is 6.08. The van der Waals surface area contributed by atoms with Gasteiger partial charge in [0, 0.05) is 0 Å². The molecule has 0 aliphatic carbocycles. The van der Waals surface area contributed by atoms with Crippen LogP contribution < -0.4 is 8.56 Å². The third-order valence-electron chi connectivity index (χ3n) is 3.76. The molecule has 0 spiro atoms. The summed E-state index contributed by atoms with van der Waals surface area (Å²) < 4.78 is 18.2.